The van der Waals surface area contributed by atoms with Crippen LogP contribution in [0.5, 0.6) is 0 Å². The fraction of sp³-hybridized carbons (Fsp3) is 0.400. The van der Waals surface area contributed by atoms with Gasteiger partial charge in [0, 0.05) is 6.54 Å². The zero-order chi connectivity index (χ0) is 13.7. The van der Waals surface area contributed by atoms with Gasteiger partial charge in [-0.3, -0.25) is 4.79 Å². The minimum absolute atomic E-state index is 0.00262. The number of amides is 1. The van der Waals surface area contributed by atoms with E-state index in [1.165, 1.54) is 6.07 Å². The third-order valence-electron chi connectivity index (χ3n) is 2.78. The van der Waals surface area contributed by atoms with Gasteiger partial charge in [0.1, 0.15) is 16.3 Å². The molecule has 0 bridgehead atoms. The first-order chi connectivity index (χ1) is 8.21. The highest BCUT2D eigenvalue weighted by Gasteiger charge is 2.45. The topological polar surface area (TPSA) is 33.2 Å². The molecule has 1 unspecified atom stereocenters. The molecule has 0 saturated heterocycles. The second-order valence-electron chi connectivity index (χ2n) is 3.92. The summed E-state index contributed by atoms with van der Waals surface area (Å²) in [5.74, 6) is -0.774. The van der Waals surface area contributed by atoms with Gasteiger partial charge in [-0.25, -0.2) is 4.98 Å². The minimum Gasteiger partial charge on any atom is -0.322 e. The Hall–Kier alpha value is -1.01. The molecule has 8 heteroatoms. The van der Waals surface area contributed by atoms with Crippen molar-refractivity contribution in [2.75, 3.05) is 0 Å². The summed E-state index contributed by atoms with van der Waals surface area (Å²) >= 11 is 11.4. The van der Waals surface area contributed by atoms with Crippen LogP contribution in [-0.4, -0.2) is 28.0 Å². The molecule has 0 aromatic carbocycles. The maximum Gasteiger partial charge on any atom is 0.408 e. The van der Waals surface area contributed by atoms with Gasteiger partial charge in [-0.1, -0.05) is 23.2 Å². The number of hydrogen-bond acceptors (Lipinski definition) is 2. The van der Waals surface area contributed by atoms with Gasteiger partial charge in [0.2, 0.25) is 0 Å². The minimum atomic E-state index is -4.48. The van der Waals surface area contributed by atoms with E-state index in [1.54, 1.807) is 0 Å². The van der Waals surface area contributed by atoms with E-state index in [-0.39, 0.29) is 22.4 Å². The third kappa shape index (κ3) is 2.14. The quantitative estimate of drug-likeness (QED) is 0.745. The number of pyridine rings is 1. The van der Waals surface area contributed by atoms with Gasteiger partial charge >= 0.3 is 6.18 Å². The van der Waals surface area contributed by atoms with Gasteiger partial charge in [0.15, 0.2) is 0 Å². The van der Waals surface area contributed by atoms with E-state index >= 15 is 0 Å². The molecular formula is C10H7Cl2F3N2O. The van der Waals surface area contributed by atoms with E-state index in [0.717, 1.165) is 6.92 Å². The summed E-state index contributed by atoms with van der Waals surface area (Å²) in [5.41, 5.74) is 0.360. The lowest BCUT2D eigenvalue weighted by Gasteiger charge is -2.26. The van der Waals surface area contributed by atoms with Crippen molar-refractivity contribution >= 4 is 29.1 Å². The molecule has 0 fully saturated rings. The van der Waals surface area contributed by atoms with Crippen LogP contribution in [0.4, 0.5) is 13.2 Å². The van der Waals surface area contributed by atoms with Gasteiger partial charge in [-0.15, -0.1) is 0 Å². The molecule has 0 saturated carbocycles. The lowest BCUT2D eigenvalue weighted by molar-refractivity contribution is -0.172. The predicted molar refractivity (Wildman–Crippen MR) is 59.6 cm³/mol. The van der Waals surface area contributed by atoms with Crippen molar-refractivity contribution in [3.05, 3.63) is 27.5 Å². The van der Waals surface area contributed by atoms with Gasteiger partial charge < -0.3 is 4.90 Å². The van der Waals surface area contributed by atoms with Crippen LogP contribution in [0.2, 0.25) is 10.3 Å². The van der Waals surface area contributed by atoms with E-state index in [9.17, 15) is 18.0 Å². The molecule has 1 amide bonds. The molecule has 18 heavy (non-hydrogen) atoms. The van der Waals surface area contributed by atoms with Crippen molar-refractivity contribution in [1.82, 2.24) is 9.88 Å². The summed E-state index contributed by atoms with van der Waals surface area (Å²) in [7, 11) is 0. The van der Waals surface area contributed by atoms with Crippen LogP contribution < -0.4 is 0 Å². The second-order valence-corrected chi connectivity index (χ2v) is 4.67. The first kappa shape index (κ1) is 13.4. The zero-order valence-electron chi connectivity index (χ0n) is 9.05. The summed E-state index contributed by atoms with van der Waals surface area (Å²) in [6.07, 6.45) is -4.48. The number of rotatable bonds is 1. The molecule has 2 heterocycles. The fourth-order valence-electron chi connectivity index (χ4n) is 1.77. The maximum atomic E-state index is 12.6. The van der Waals surface area contributed by atoms with E-state index in [0.29, 0.717) is 10.5 Å². The Bertz CT molecular complexity index is 519. The molecule has 0 spiro atoms. The normalized spacial score (nSPS) is 17.0. The fourth-order valence-corrected chi connectivity index (χ4v) is 2.32. The largest absolute Gasteiger partial charge is 0.408 e. The van der Waals surface area contributed by atoms with Gasteiger partial charge in [0.05, 0.1) is 5.56 Å². The van der Waals surface area contributed by atoms with E-state index in [4.69, 9.17) is 23.2 Å². The number of carbonyl (C=O) groups excluding carboxylic acids is 1. The molecule has 0 aliphatic carbocycles. The Morgan fingerprint density at radius 1 is 1.44 bits per heavy atom. The lowest BCUT2D eigenvalue weighted by Crippen LogP contribution is -2.43. The van der Waals surface area contributed by atoms with Gasteiger partial charge in [0.25, 0.3) is 5.91 Å². The predicted octanol–water partition coefficient (Wildman–Crippen LogP) is 3.30. The molecular weight excluding hydrogens is 292 g/mol. The lowest BCUT2D eigenvalue weighted by atomic mass is 10.2. The zero-order valence-corrected chi connectivity index (χ0v) is 10.6. The average Bonchev–Trinajstić information content (AvgIpc) is 2.53. The summed E-state index contributed by atoms with van der Waals surface area (Å²) in [6.45, 7) is 0.753. The van der Waals surface area contributed by atoms with E-state index in [2.05, 4.69) is 4.98 Å². The monoisotopic (exact) mass is 298 g/mol. The number of aromatic nitrogens is 1. The van der Waals surface area contributed by atoms with Crippen molar-refractivity contribution in [2.45, 2.75) is 25.7 Å². The van der Waals surface area contributed by atoms with Gasteiger partial charge in [-0.05, 0) is 18.6 Å². The Kier molecular flexibility index (Phi) is 3.19. The van der Waals surface area contributed by atoms with Crippen LogP contribution >= 0.6 is 23.2 Å². The molecule has 2 rings (SSSR count). The molecule has 1 aromatic heterocycles. The highest BCUT2D eigenvalue weighted by Crippen LogP contribution is 2.35. The number of fused-ring (bicyclic) bond motifs is 1. The molecule has 1 aromatic rings. The van der Waals surface area contributed by atoms with E-state index < -0.39 is 18.1 Å². The number of halogens is 5. The Morgan fingerprint density at radius 2 is 2.06 bits per heavy atom. The molecule has 1 aliphatic heterocycles. The maximum absolute atomic E-state index is 12.6. The third-order valence-corrected chi connectivity index (χ3v) is 3.25. The van der Waals surface area contributed by atoms with Crippen molar-refractivity contribution in [1.29, 1.82) is 0 Å². The second kappa shape index (κ2) is 4.28. The van der Waals surface area contributed by atoms with Crippen molar-refractivity contribution in [3.63, 3.8) is 0 Å². The SMILES string of the molecule is CC(N1Cc2cc(Cl)nc(Cl)c2C1=O)C(F)(F)F. The summed E-state index contributed by atoms with van der Waals surface area (Å²) in [4.78, 5) is 16.2. The molecule has 3 nitrogen and oxygen atoms in total. The van der Waals surface area contributed by atoms with Gasteiger partial charge in [-0.2, -0.15) is 13.2 Å². The number of carbonyl (C=O) groups is 1. The van der Waals surface area contributed by atoms with Crippen molar-refractivity contribution < 1.29 is 18.0 Å². The Balaban J connectivity index is 2.40. The smallest absolute Gasteiger partial charge is 0.322 e. The number of hydrogen-bond donors (Lipinski definition) is 0. The summed E-state index contributed by atoms with van der Waals surface area (Å²) < 4.78 is 37.8. The Labute approximate surface area is 110 Å². The highest BCUT2D eigenvalue weighted by atomic mass is 35.5. The average molecular weight is 299 g/mol. The van der Waals surface area contributed by atoms with Crippen LogP contribution in [0.1, 0.15) is 22.8 Å². The van der Waals surface area contributed by atoms with Crippen LogP contribution in [0.15, 0.2) is 6.07 Å². The number of nitrogens with zero attached hydrogens (tertiary/aromatic N) is 2. The Morgan fingerprint density at radius 3 is 2.61 bits per heavy atom. The van der Waals surface area contributed by atoms with Crippen molar-refractivity contribution in [2.24, 2.45) is 0 Å². The van der Waals surface area contributed by atoms with Crippen LogP contribution in [0.3, 0.4) is 0 Å². The summed E-state index contributed by atoms with van der Waals surface area (Å²) in [6, 6.07) is -0.531. The molecule has 1 aliphatic rings. The molecule has 98 valence electrons. The summed E-state index contributed by atoms with van der Waals surface area (Å²) in [5, 5.41) is -0.118. The highest BCUT2D eigenvalue weighted by molar-refractivity contribution is 6.35. The van der Waals surface area contributed by atoms with Crippen molar-refractivity contribution in [3.8, 4) is 0 Å². The standard InChI is InChI=1S/C10H7Cl2F3N2O/c1-4(10(13,14)15)17-3-5-2-6(11)16-8(12)7(5)9(17)18/h2,4H,3H2,1H3. The van der Waals surface area contributed by atoms with Crippen LogP contribution in [0, 0.1) is 0 Å². The first-order valence-corrected chi connectivity index (χ1v) is 5.70. The van der Waals surface area contributed by atoms with Crippen LogP contribution in [0.25, 0.3) is 0 Å². The first-order valence-electron chi connectivity index (χ1n) is 4.94. The molecule has 1 atom stereocenters. The van der Waals surface area contributed by atoms with Crippen LogP contribution in [-0.2, 0) is 6.54 Å². The molecule has 0 N–H and O–H groups in total. The number of alkyl halides is 3. The molecule has 0 radical (unpaired) electrons. The van der Waals surface area contributed by atoms with E-state index in [1.807, 2.05) is 0 Å².